The Morgan fingerprint density at radius 3 is 2.75 bits per heavy atom. The Hall–Kier alpha value is -2.76. The van der Waals surface area contributed by atoms with Gasteiger partial charge >= 0.3 is 5.97 Å². The van der Waals surface area contributed by atoms with Gasteiger partial charge in [-0.2, -0.15) is 5.10 Å². The van der Waals surface area contributed by atoms with Crippen molar-refractivity contribution in [3.05, 3.63) is 41.5 Å². The van der Waals surface area contributed by atoms with Crippen molar-refractivity contribution in [2.45, 2.75) is 39.2 Å². The van der Waals surface area contributed by atoms with Gasteiger partial charge in [-0.15, -0.1) is 0 Å². The number of carboxylic acids is 1. The van der Waals surface area contributed by atoms with Gasteiger partial charge in [0.25, 0.3) is 0 Å². The van der Waals surface area contributed by atoms with Crippen molar-refractivity contribution in [2.75, 3.05) is 0 Å². The van der Waals surface area contributed by atoms with Crippen LogP contribution in [0, 0.1) is 6.92 Å². The lowest BCUT2D eigenvalue weighted by molar-refractivity contribution is 0.0696. The molecule has 0 atom stereocenters. The largest absolute Gasteiger partial charge is 0.478 e. The van der Waals surface area contributed by atoms with Crippen LogP contribution >= 0.6 is 0 Å². The van der Waals surface area contributed by atoms with E-state index in [1.54, 1.807) is 18.6 Å². The van der Waals surface area contributed by atoms with Gasteiger partial charge in [-0.3, -0.25) is 4.98 Å². The number of nitrogens with zero attached hydrogens (tertiary/aromatic N) is 4. The molecule has 3 heterocycles. The average Bonchev–Trinajstić information content (AvgIpc) is 3.33. The van der Waals surface area contributed by atoms with Crippen molar-refractivity contribution in [1.29, 1.82) is 0 Å². The van der Waals surface area contributed by atoms with Gasteiger partial charge in [0.2, 0.25) is 0 Å². The number of hydrogen-bond donors (Lipinski definition) is 1. The smallest absolute Gasteiger partial charge is 0.338 e. The van der Waals surface area contributed by atoms with E-state index in [2.05, 4.69) is 10.1 Å². The fourth-order valence-electron chi connectivity index (χ4n) is 3.20. The molecule has 1 aliphatic carbocycles. The topological polar surface area (TPSA) is 80.9 Å². The molecule has 1 saturated carbocycles. The normalized spacial score (nSPS) is 14.2. The number of rotatable bonds is 4. The van der Waals surface area contributed by atoms with E-state index >= 15 is 0 Å². The van der Waals surface area contributed by atoms with E-state index in [0.29, 0.717) is 23.4 Å². The van der Waals surface area contributed by atoms with Crippen LogP contribution in [0.4, 0.5) is 0 Å². The second-order valence-corrected chi connectivity index (χ2v) is 6.28. The maximum Gasteiger partial charge on any atom is 0.338 e. The number of carbonyl (C=O) groups is 1. The molecule has 1 fully saturated rings. The summed E-state index contributed by atoms with van der Waals surface area (Å²) >= 11 is 0. The minimum absolute atomic E-state index is 0.234. The van der Waals surface area contributed by atoms with Gasteiger partial charge < -0.3 is 5.11 Å². The molecule has 3 aromatic rings. The molecule has 0 spiro atoms. The predicted octanol–water partition coefficient (Wildman–Crippen LogP) is 3.40. The fraction of sp³-hybridized carbons (Fsp3) is 0.333. The molecule has 4 rings (SSSR count). The SMILES string of the molecule is CCn1ncc2c(-c3cncc(C)c3)c(C(=O)O)c(C3CC3)nc21. The zero-order valence-electron chi connectivity index (χ0n) is 13.7. The van der Waals surface area contributed by atoms with Crippen molar-refractivity contribution in [2.24, 2.45) is 0 Å². The Bertz CT molecular complexity index is 957. The summed E-state index contributed by atoms with van der Waals surface area (Å²) in [6, 6.07) is 1.97. The summed E-state index contributed by atoms with van der Waals surface area (Å²) in [5.41, 5.74) is 4.21. The second-order valence-electron chi connectivity index (χ2n) is 6.28. The van der Waals surface area contributed by atoms with E-state index in [4.69, 9.17) is 4.98 Å². The molecule has 3 aromatic heterocycles. The fourth-order valence-corrected chi connectivity index (χ4v) is 3.20. The number of carboxylic acid groups (broad SMARTS) is 1. The molecular weight excluding hydrogens is 304 g/mol. The Morgan fingerprint density at radius 1 is 1.33 bits per heavy atom. The lowest BCUT2D eigenvalue weighted by Gasteiger charge is -2.13. The Morgan fingerprint density at radius 2 is 2.12 bits per heavy atom. The van der Waals surface area contributed by atoms with Crippen molar-refractivity contribution in [3.8, 4) is 11.1 Å². The van der Waals surface area contributed by atoms with Gasteiger partial charge in [0.15, 0.2) is 5.65 Å². The molecule has 0 unspecified atom stereocenters. The van der Waals surface area contributed by atoms with Gasteiger partial charge in [-0.05, 0) is 38.3 Å². The molecule has 0 radical (unpaired) electrons. The third-order valence-electron chi connectivity index (χ3n) is 4.45. The van der Waals surface area contributed by atoms with Crippen molar-refractivity contribution >= 4 is 17.0 Å². The van der Waals surface area contributed by atoms with E-state index in [0.717, 1.165) is 35.0 Å². The number of fused-ring (bicyclic) bond motifs is 1. The molecule has 1 N–H and O–H groups in total. The summed E-state index contributed by atoms with van der Waals surface area (Å²) in [5, 5.41) is 15.0. The first kappa shape index (κ1) is 14.8. The Labute approximate surface area is 139 Å². The van der Waals surface area contributed by atoms with Gasteiger partial charge in [0.05, 0.1) is 17.5 Å². The highest BCUT2D eigenvalue weighted by Crippen LogP contribution is 2.44. The molecule has 122 valence electrons. The lowest BCUT2D eigenvalue weighted by atomic mass is 9.95. The van der Waals surface area contributed by atoms with Crippen molar-refractivity contribution in [3.63, 3.8) is 0 Å². The predicted molar refractivity (Wildman–Crippen MR) is 90.1 cm³/mol. The van der Waals surface area contributed by atoms with Crippen LogP contribution in [0.1, 0.15) is 47.3 Å². The van der Waals surface area contributed by atoms with Crippen LogP contribution in [-0.4, -0.2) is 30.8 Å². The van der Waals surface area contributed by atoms with E-state index in [1.807, 2.05) is 24.6 Å². The molecule has 0 amide bonds. The van der Waals surface area contributed by atoms with Gasteiger partial charge in [0.1, 0.15) is 0 Å². The van der Waals surface area contributed by atoms with Crippen LogP contribution in [0.2, 0.25) is 0 Å². The van der Waals surface area contributed by atoms with Crippen molar-refractivity contribution in [1.82, 2.24) is 19.7 Å². The zero-order valence-corrected chi connectivity index (χ0v) is 13.7. The monoisotopic (exact) mass is 322 g/mol. The molecule has 6 heteroatoms. The highest BCUT2D eigenvalue weighted by atomic mass is 16.4. The first-order valence-electron chi connectivity index (χ1n) is 8.15. The average molecular weight is 322 g/mol. The summed E-state index contributed by atoms with van der Waals surface area (Å²) in [4.78, 5) is 21.0. The minimum Gasteiger partial charge on any atom is -0.478 e. The number of pyridine rings is 2. The molecule has 6 nitrogen and oxygen atoms in total. The number of aromatic carboxylic acids is 1. The van der Waals surface area contributed by atoms with Crippen LogP contribution in [-0.2, 0) is 6.54 Å². The lowest BCUT2D eigenvalue weighted by Crippen LogP contribution is -2.09. The zero-order chi connectivity index (χ0) is 16.8. The van der Waals surface area contributed by atoms with Crippen LogP contribution in [0.15, 0.2) is 24.7 Å². The molecule has 0 saturated heterocycles. The summed E-state index contributed by atoms with van der Waals surface area (Å²) in [5.74, 6) is -0.704. The van der Waals surface area contributed by atoms with Crippen molar-refractivity contribution < 1.29 is 9.90 Å². The second kappa shape index (κ2) is 5.40. The van der Waals surface area contributed by atoms with E-state index in [1.165, 1.54) is 0 Å². The summed E-state index contributed by atoms with van der Waals surface area (Å²) in [6.07, 6.45) is 7.18. The highest BCUT2D eigenvalue weighted by Gasteiger charge is 2.33. The summed E-state index contributed by atoms with van der Waals surface area (Å²) < 4.78 is 1.82. The third-order valence-corrected chi connectivity index (χ3v) is 4.45. The maximum atomic E-state index is 12.1. The van der Waals surface area contributed by atoms with Gasteiger partial charge in [0, 0.05) is 41.4 Å². The molecular formula is C18H18N4O2. The van der Waals surface area contributed by atoms with E-state index in [-0.39, 0.29) is 5.92 Å². The first-order valence-corrected chi connectivity index (χ1v) is 8.15. The molecule has 1 aliphatic rings. The standard InChI is InChI=1S/C18H18N4O2/c1-3-22-17-13(9-20-22)14(12-6-10(2)7-19-8-12)15(18(23)24)16(21-17)11-4-5-11/h6-9,11H,3-5H2,1-2H3,(H,23,24). The van der Waals surface area contributed by atoms with Crippen LogP contribution in [0.3, 0.4) is 0 Å². The molecule has 0 aromatic carbocycles. The Balaban J connectivity index is 2.13. The quantitative estimate of drug-likeness (QED) is 0.796. The molecule has 0 bridgehead atoms. The minimum atomic E-state index is -0.938. The number of aryl methyl sites for hydroxylation is 2. The number of hydrogen-bond acceptors (Lipinski definition) is 4. The van der Waals surface area contributed by atoms with E-state index < -0.39 is 5.97 Å². The van der Waals surface area contributed by atoms with E-state index in [9.17, 15) is 9.90 Å². The van der Waals surface area contributed by atoms with Gasteiger partial charge in [-0.1, -0.05) is 0 Å². The third kappa shape index (κ3) is 2.26. The highest BCUT2D eigenvalue weighted by molar-refractivity contribution is 6.06. The summed E-state index contributed by atoms with van der Waals surface area (Å²) in [7, 11) is 0. The van der Waals surface area contributed by atoms with Gasteiger partial charge in [-0.25, -0.2) is 14.5 Å². The Kier molecular flexibility index (Phi) is 3.33. The first-order chi connectivity index (χ1) is 11.6. The number of aromatic nitrogens is 4. The maximum absolute atomic E-state index is 12.1. The molecule has 24 heavy (non-hydrogen) atoms. The van der Waals surface area contributed by atoms with Crippen LogP contribution in [0.5, 0.6) is 0 Å². The summed E-state index contributed by atoms with van der Waals surface area (Å²) in [6.45, 7) is 4.65. The molecule has 0 aliphatic heterocycles. The van der Waals surface area contributed by atoms with Crippen LogP contribution in [0.25, 0.3) is 22.2 Å². The van der Waals surface area contributed by atoms with Crippen LogP contribution < -0.4 is 0 Å².